The number of aromatic nitrogens is 3. The van der Waals surface area contributed by atoms with Crippen molar-refractivity contribution in [3.63, 3.8) is 0 Å². The highest BCUT2D eigenvalue weighted by Crippen LogP contribution is 2.09. The molecule has 88 valence electrons. The fourth-order valence-electron chi connectivity index (χ4n) is 1.47. The molecule has 2 rings (SSSR count). The average Bonchev–Trinajstić information content (AvgIpc) is 2.71. The number of hydrogen-bond donors (Lipinski definition) is 0. The quantitative estimate of drug-likeness (QED) is 0.780. The Bertz CT molecular complexity index is 531. The molecule has 1 amide bonds. The van der Waals surface area contributed by atoms with Crippen LogP contribution in [0.1, 0.15) is 16.2 Å². The summed E-state index contributed by atoms with van der Waals surface area (Å²) in [6, 6.07) is 9.52. The molecule has 0 saturated carbocycles. The molecule has 1 heterocycles. The van der Waals surface area contributed by atoms with Crippen LogP contribution in [0.2, 0.25) is 0 Å². The lowest BCUT2D eigenvalue weighted by Crippen LogP contribution is -2.23. The fraction of sp³-hybridized carbons (Fsp3) is 0.250. The predicted molar refractivity (Wildman–Crippen MR) is 64.1 cm³/mol. The van der Waals surface area contributed by atoms with Crippen LogP contribution >= 0.6 is 0 Å². The van der Waals surface area contributed by atoms with Crippen LogP contribution in [0.5, 0.6) is 0 Å². The number of carbonyl (C=O) groups excluding carboxylic acids is 1. The van der Waals surface area contributed by atoms with Gasteiger partial charge in [0, 0.05) is 14.1 Å². The zero-order valence-electron chi connectivity index (χ0n) is 10.1. The van der Waals surface area contributed by atoms with Crippen LogP contribution in [-0.2, 0) is 0 Å². The maximum Gasteiger partial charge on any atom is 0.275 e. The lowest BCUT2D eigenvalue weighted by molar-refractivity contribution is 0.0821. The topological polar surface area (TPSA) is 51.0 Å². The van der Waals surface area contributed by atoms with Crippen molar-refractivity contribution >= 4 is 5.91 Å². The molecule has 0 aliphatic rings. The molecule has 17 heavy (non-hydrogen) atoms. The van der Waals surface area contributed by atoms with Gasteiger partial charge < -0.3 is 4.90 Å². The van der Waals surface area contributed by atoms with Crippen molar-refractivity contribution in [3.8, 4) is 5.69 Å². The number of amides is 1. The zero-order chi connectivity index (χ0) is 12.4. The second-order valence-electron chi connectivity index (χ2n) is 3.96. The molecule has 1 aromatic carbocycles. The molecule has 1 aromatic heterocycles. The second-order valence-corrected chi connectivity index (χ2v) is 3.96. The van der Waals surface area contributed by atoms with Gasteiger partial charge in [-0.3, -0.25) is 4.79 Å². The SMILES string of the molecule is Cc1nn(-c2ccccc2)nc1C(=O)N(C)C. The van der Waals surface area contributed by atoms with E-state index >= 15 is 0 Å². The standard InChI is InChI=1S/C12H14N4O/c1-9-11(12(17)15(2)3)14-16(13-9)10-7-5-4-6-8-10/h4-8H,1-3H3. The lowest BCUT2D eigenvalue weighted by atomic mass is 10.3. The van der Waals surface area contributed by atoms with Gasteiger partial charge in [0.15, 0.2) is 5.69 Å². The molecule has 0 N–H and O–H groups in total. The van der Waals surface area contributed by atoms with Gasteiger partial charge in [0.1, 0.15) is 0 Å². The maximum absolute atomic E-state index is 11.8. The summed E-state index contributed by atoms with van der Waals surface area (Å²) < 4.78 is 0. The molecule has 0 bridgehead atoms. The fourth-order valence-corrected chi connectivity index (χ4v) is 1.47. The number of aryl methyl sites for hydroxylation is 1. The minimum atomic E-state index is -0.135. The Morgan fingerprint density at radius 1 is 1.18 bits per heavy atom. The second kappa shape index (κ2) is 4.37. The van der Waals surface area contributed by atoms with E-state index in [1.165, 1.54) is 9.70 Å². The van der Waals surface area contributed by atoms with Gasteiger partial charge in [-0.15, -0.1) is 5.10 Å². The van der Waals surface area contributed by atoms with E-state index in [9.17, 15) is 4.79 Å². The number of nitrogens with zero attached hydrogens (tertiary/aromatic N) is 4. The predicted octanol–water partition coefficient (Wildman–Crippen LogP) is 1.28. The van der Waals surface area contributed by atoms with E-state index in [0.29, 0.717) is 11.4 Å². The van der Waals surface area contributed by atoms with Crippen LogP contribution in [0.15, 0.2) is 30.3 Å². The Labute approximate surface area is 99.7 Å². The third-order valence-corrected chi connectivity index (χ3v) is 2.38. The van der Waals surface area contributed by atoms with Crippen LogP contribution in [0.4, 0.5) is 0 Å². The lowest BCUT2D eigenvalue weighted by Gasteiger charge is -2.07. The van der Waals surface area contributed by atoms with Crippen molar-refractivity contribution in [3.05, 3.63) is 41.7 Å². The van der Waals surface area contributed by atoms with Gasteiger partial charge in [0.05, 0.1) is 11.4 Å². The van der Waals surface area contributed by atoms with E-state index in [-0.39, 0.29) is 5.91 Å². The van der Waals surface area contributed by atoms with Crippen LogP contribution in [0.3, 0.4) is 0 Å². The largest absolute Gasteiger partial charge is 0.343 e. The Morgan fingerprint density at radius 2 is 1.82 bits per heavy atom. The molecule has 2 aromatic rings. The number of hydrogen-bond acceptors (Lipinski definition) is 3. The van der Waals surface area contributed by atoms with Gasteiger partial charge in [0.25, 0.3) is 5.91 Å². The van der Waals surface area contributed by atoms with Crippen molar-refractivity contribution in [2.24, 2.45) is 0 Å². The third kappa shape index (κ3) is 2.18. The summed E-state index contributed by atoms with van der Waals surface area (Å²) in [5, 5.41) is 8.46. The van der Waals surface area contributed by atoms with E-state index in [1.807, 2.05) is 30.3 Å². The highest BCUT2D eigenvalue weighted by molar-refractivity contribution is 5.92. The number of benzene rings is 1. The summed E-state index contributed by atoms with van der Waals surface area (Å²) >= 11 is 0. The summed E-state index contributed by atoms with van der Waals surface area (Å²) in [6.45, 7) is 1.78. The molecule has 0 atom stereocenters. The van der Waals surface area contributed by atoms with Gasteiger partial charge in [-0.2, -0.15) is 9.90 Å². The molecule has 0 spiro atoms. The van der Waals surface area contributed by atoms with Crippen LogP contribution in [0, 0.1) is 6.92 Å². The van der Waals surface area contributed by atoms with E-state index in [2.05, 4.69) is 10.2 Å². The highest BCUT2D eigenvalue weighted by Gasteiger charge is 2.17. The van der Waals surface area contributed by atoms with Crippen LogP contribution in [-0.4, -0.2) is 39.9 Å². The van der Waals surface area contributed by atoms with E-state index < -0.39 is 0 Å². The number of para-hydroxylation sites is 1. The highest BCUT2D eigenvalue weighted by atomic mass is 16.2. The molecular formula is C12H14N4O. The van der Waals surface area contributed by atoms with E-state index in [0.717, 1.165) is 5.69 Å². The molecule has 0 saturated heterocycles. The Kier molecular flexibility index (Phi) is 2.91. The average molecular weight is 230 g/mol. The van der Waals surface area contributed by atoms with Crippen molar-refractivity contribution in [1.29, 1.82) is 0 Å². The maximum atomic E-state index is 11.8. The molecule has 0 radical (unpaired) electrons. The Hall–Kier alpha value is -2.17. The summed E-state index contributed by atoms with van der Waals surface area (Å²) in [7, 11) is 3.40. The smallest absolute Gasteiger partial charge is 0.275 e. The minimum Gasteiger partial charge on any atom is -0.343 e. The molecule has 5 nitrogen and oxygen atoms in total. The first-order valence-electron chi connectivity index (χ1n) is 5.30. The van der Waals surface area contributed by atoms with Crippen molar-refractivity contribution in [2.75, 3.05) is 14.1 Å². The molecule has 0 fully saturated rings. The van der Waals surface area contributed by atoms with Crippen molar-refractivity contribution in [1.82, 2.24) is 19.9 Å². The summed E-state index contributed by atoms with van der Waals surface area (Å²) in [5.41, 5.74) is 1.86. The van der Waals surface area contributed by atoms with Gasteiger partial charge >= 0.3 is 0 Å². The minimum absolute atomic E-state index is 0.135. The van der Waals surface area contributed by atoms with Gasteiger partial charge in [-0.25, -0.2) is 0 Å². The van der Waals surface area contributed by atoms with Crippen LogP contribution in [0.25, 0.3) is 5.69 Å². The van der Waals surface area contributed by atoms with Gasteiger partial charge in [0.2, 0.25) is 0 Å². The summed E-state index contributed by atoms with van der Waals surface area (Å²) in [5.74, 6) is -0.135. The molecule has 5 heteroatoms. The van der Waals surface area contributed by atoms with Crippen LogP contribution < -0.4 is 0 Å². The number of rotatable bonds is 2. The molecule has 0 aliphatic carbocycles. The van der Waals surface area contributed by atoms with Crippen molar-refractivity contribution in [2.45, 2.75) is 6.92 Å². The van der Waals surface area contributed by atoms with Crippen molar-refractivity contribution < 1.29 is 4.79 Å². The first kappa shape index (κ1) is 11.3. The summed E-state index contributed by atoms with van der Waals surface area (Å²) in [4.78, 5) is 14.8. The normalized spacial score (nSPS) is 10.3. The van der Waals surface area contributed by atoms with Gasteiger partial charge in [-0.05, 0) is 19.1 Å². The molecule has 0 unspecified atom stereocenters. The van der Waals surface area contributed by atoms with Gasteiger partial charge in [-0.1, -0.05) is 18.2 Å². The van der Waals surface area contributed by atoms with E-state index in [4.69, 9.17) is 0 Å². The Morgan fingerprint density at radius 3 is 2.41 bits per heavy atom. The third-order valence-electron chi connectivity index (χ3n) is 2.38. The first-order valence-corrected chi connectivity index (χ1v) is 5.30. The zero-order valence-corrected chi connectivity index (χ0v) is 10.1. The number of carbonyl (C=O) groups is 1. The first-order chi connectivity index (χ1) is 8.09. The summed E-state index contributed by atoms with van der Waals surface area (Å²) in [6.07, 6.45) is 0. The molecular weight excluding hydrogens is 216 g/mol. The monoisotopic (exact) mass is 230 g/mol. The Balaban J connectivity index is 2.41. The molecule has 0 aliphatic heterocycles. The van der Waals surface area contributed by atoms with E-state index in [1.54, 1.807) is 21.0 Å².